The van der Waals surface area contributed by atoms with Crippen LogP contribution in [0.25, 0.3) is 0 Å². The van der Waals surface area contributed by atoms with Gasteiger partial charge in [-0.1, -0.05) is 50.3 Å². The number of aromatic nitrogens is 2. The van der Waals surface area contributed by atoms with Gasteiger partial charge >= 0.3 is 0 Å². The molecule has 0 radical (unpaired) electrons. The molecule has 136 valence electrons. The highest BCUT2D eigenvalue weighted by molar-refractivity contribution is 7.92. The summed E-state index contributed by atoms with van der Waals surface area (Å²) in [6.45, 7) is 14.5. The van der Waals surface area contributed by atoms with Crippen LogP contribution in [0.2, 0.25) is 0 Å². The highest BCUT2D eigenvalue weighted by atomic mass is 32.2. The molecule has 0 atom stereocenters. The van der Waals surface area contributed by atoms with Crippen molar-refractivity contribution in [1.82, 2.24) is 10.2 Å². The molecule has 0 bridgehead atoms. The first-order valence-electron chi connectivity index (χ1n) is 8.06. The van der Waals surface area contributed by atoms with Crippen LogP contribution < -0.4 is 5.32 Å². The highest BCUT2D eigenvalue weighted by Crippen LogP contribution is 2.30. The summed E-state index contributed by atoms with van der Waals surface area (Å²) in [5.41, 5.74) is 4.04. The van der Waals surface area contributed by atoms with Crippen LogP contribution in [0.1, 0.15) is 43.0 Å². The Balaban J connectivity index is 2.32. The summed E-state index contributed by atoms with van der Waals surface area (Å²) in [5.74, 6) is -0.0643. The number of rotatable bonds is 6. The van der Waals surface area contributed by atoms with Crippen LogP contribution in [0, 0.1) is 13.8 Å². The number of sulfone groups is 1. The SMILES string of the molecule is C=CCNc1nnc(S(=O)(=O)Cc2c(C)cc(C(C)(C)C)cc2C)s1. The Labute approximate surface area is 154 Å². The van der Waals surface area contributed by atoms with Crippen molar-refractivity contribution in [3.63, 3.8) is 0 Å². The Morgan fingerprint density at radius 2 is 1.80 bits per heavy atom. The molecule has 7 heteroatoms. The van der Waals surface area contributed by atoms with Crippen LogP contribution in [0.15, 0.2) is 29.1 Å². The summed E-state index contributed by atoms with van der Waals surface area (Å²) < 4.78 is 25.5. The second-order valence-corrected chi connectivity index (χ2v) is 10.3. The van der Waals surface area contributed by atoms with Gasteiger partial charge in [0.2, 0.25) is 19.3 Å². The van der Waals surface area contributed by atoms with Crippen molar-refractivity contribution in [2.45, 2.75) is 50.1 Å². The van der Waals surface area contributed by atoms with Crippen LogP contribution in [0.5, 0.6) is 0 Å². The van der Waals surface area contributed by atoms with Gasteiger partial charge in [-0.05, 0) is 41.5 Å². The third-order valence-electron chi connectivity index (χ3n) is 3.97. The molecule has 1 aromatic carbocycles. The van der Waals surface area contributed by atoms with Gasteiger partial charge < -0.3 is 5.32 Å². The van der Waals surface area contributed by atoms with Gasteiger partial charge in [0.25, 0.3) is 0 Å². The second-order valence-electron chi connectivity index (χ2n) is 7.14. The summed E-state index contributed by atoms with van der Waals surface area (Å²) in [4.78, 5) is 0. The van der Waals surface area contributed by atoms with Crippen molar-refractivity contribution in [2.75, 3.05) is 11.9 Å². The van der Waals surface area contributed by atoms with E-state index in [9.17, 15) is 8.42 Å². The van der Waals surface area contributed by atoms with Crippen LogP contribution in [0.3, 0.4) is 0 Å². The zero-order chi connectivity index (χ0) is 18.8. The van der Waals surface area contributed by atoms with E-state index in [1.54, 1.807) is 6.08 Å². The molecule has 5 nitrogen and oxygen atoms in total. The van der Waals surface area contributed by atoms with Crippen molar-refractivity contribution in [3.8, 4) is 0 Å². The van der Waals surface area contributed by atoms with Gasteiger partial charge in [0, 0.05) is 6.54 Å². The zero-order valence-electron chi connectivity index (χ0n) is 15.4. The monoisotopic (exact) mass is 379 g/mol. The van der Waals surface area contributed by atoms with Crippen molar-refractivity contribution < 1.29 is 8.42 Å². The zero-order valence-corrected chi connectivity index (χ0v) is 17.0. The molecule has 0 amide bonds. The Morgan fingerprint density at radius 3 is 2.32 bits per heavy atom. The topological polar surface area (TPSA) is 72.0 Å². The predicted molar refractivity (Wildman–Crippen MR) is 104 cm³/mol. The van der Waals surface area contributed by atoms with Crippen molar-refractivity contribution in [1.29, 1.82) is 0 Å². The van der Waals surface area contributed by atoms with Crippen LogP contribution >= 0.6 is 11.3 Å². The van der Waals surface area contributed by atoms with Gasteiger partial charge in [-0.25, -0.2) is 8.42 Å². The first kappa shape index (κ1) is 19.6. The second kappa shape index (κ2) is 7.25. The molecule has 0 fully saturated rings. The van der Waals surface area contributed by atoms with E-state index in [1.165, 1.54) is 5.56 Å². The number of hydrogen-bond donors (Lipinski definition) is 1. The molecule has 0 saturated carbocycles. The first-order valence-corrected chi connectivity index (χ1v) is 10.5. The Bertz CT molecular complexity index is 855. The molecule has 0 unspecified atom stereocenters. The molecule has 2 aromatic rings. The summed E-state index contributed by atoms with van der Waals surface area (Å²) in [6.07, 6.45) is 1.68. The summed E-state index contributed by atoms with van der Waals surface area (Å²) in [7, 11) is -3.53. The van der Waals surface area contributed by atoms with Crippen molar-refractivity contribution in [2.24, 2.45) is 0 Å². The van der Waals surface area contributed by atoms with Gasteiger partial charge in [-0.3, -0.25) is 0 Å². The number of aryl methyl sites for hydroxylation is 2. The van der Waals surface area contributed by atoms with Crippen molar-refractivity contribution >= 4 is 26.3 Å². The van der Waals surface area contributed by atoms with Gasteiger partial charge in [0.1, 0.15) is 0 Å². The molecule has 25 heavy (non-hydrogen) atoms. The van der Waals surface area contributed by atoms with E-state index in [0.29, 0.717) is 11.7 Å². The molecule has 0 aliphatic rings. The molecule has 1 aromatic heterocycles. The molecule has 1 heterocycles. The smallest absolute Gasteiger partial charge is 0.234 e. The maximum absolute atomic E-state index is 12.7. The minimum atomic E-state index is -3.53. The van der Waals surface area contributed by atoms with E-state index in [-0.39, 0.29) is 15.5 Å². The lowest BCUT2D eigenvalue weighted by atomic mass is 9.84. The molecule has 2 rings (SSSR count). The first-order chi connectivity index (χ1) is 11.5. The lowest BCUT2D eigenvalue weighted by molar-refractivity contribution is 0.588. The van der Waals surface area contributed by atoms with Gasteiger partial charge in [-0.2, -0.15) is 0 Å². The maximum atomic E-state index is 12.7. The minimum Gasteiger partial charge on any atom is -0.357 e. The molecule has 0 aliphatic heterocycles. The van der Waals surface area contributed by atoms with E-state index in [1.807, 2.05) is 13.8 Å². The minimum absolute atomic E-state index is 0.0257. The summed E-state index contributed by atoms with van der Waals surface area (Å²) in [6, 6.07) is 4.16. The standard InChI is InChI=1S/C18H25N3O2S2/c1-7-8-19-16-20-21-17(24-16)25(22,23)11-15-12(2)9-14(10-13(15)3)18(4,5)6/h7,9-10H,1,8,11H2,2-6H3,(H,19,20). The quantitative estimate of drug-likeness (QED) is 0.767. The van der Waals surface area contributed by atoms with E-state index < -0.39 is 9.84 Å². The number of benzene rings is 1. The fourth-order valence-corrected chi connectivity index (χ4v) is 5.00. The Hall–Kier alpha value is -1.73. The number of hydrogen-bond acceptors (Lipinski definition) is 6. The number of anilines is 1. The number of nitrogens with one attached hydrogen (secondary N) is 1. The van der Waals surface area contributed by atoms with E-state index in [4.69, 9.17) is 0 Å². The summed E-state index contributed by atoms with van der Waals surface area (Å²) in [5, 5.41) is 11.2. The highest BCUT2D eigenvalue weighted by Gasteiger charge is 2.24. The van der Waals surface area contributed by atoms with E-state index in [2.05, 4.69) is 55.0 Å². The summed E-state index contributed by atoms with van der Waals surface area (Å²) >= 11 is 1.05. The van der Waals surface area contributed by atoms with E-state index >= 15 is 0 Å². The largest absolute Gasteiger partial charge is 0.357 e. The third kappa shape index (κ3) is 4.67. The number of nitrogens with zero attached hydrogens (tertiary/aromatic N) is 2. The Morgan fingerprint density at radius 1 is 1.20 bits per heavy atom. The molecule has 1 N–H and O–H groups in total. The fraction of sp³-hybridized carbons (Fsp3) is 0.444. The van der Waals surface area contributed by atoms with Crippen LogP contribution in [0.4, 0.5) is 5.13 Å². The lowest BCUT2D eigenvalue weighted by Gasteiger charge is -2.22. The van der Waals surface area contributed by atoms with Crippen molar-refractivity contribution in [3.05, 3.63) is 47.0 Å². The van der Waals surface area contributed by atoms with Gasteiger partial charge in [0.15, 0.2) is 0 Å². The average molecular weight is 380 g/mol. The molecule has 0 saturated heterocycles. The fourth-order valence-electron chi connectivity index (χ4n) is 2.47. The van der Waals surface area contributed by atoms with Gasteiger partial charge in [0.05, 0.1) is 5.75 Å². The average Bonchev–Trinajstić information content (AvgIpc) is 2.97. The molecular formula is C18H25N3O2S2. The molecule has 0 aliphatic carbocycles. The molecular weight excluding hydrogens is 354 g/mol. The maximum Gasteiger partial charge on any atom is 0.234 e. The molecule has 0 spiro atoms. The van der Waals surface area contributed by atoms with Gasteiger partial charge in [-0.15, -0.1) is 16.8 Å². The van der Waals surface area contributed by atoms with Crippen LogP contribution in [-0.4, -0.2) is 25.2 Å². The lowest BCUT2D eigenvalue weighted by Crippen LogP contribution is -2.14. The normalized spacial score (nSPS) is 12.2. The third-order valence-corrected chi connectivity index (χ3v) is 6.94. The van der Waals surface area contributed by atoms with Crippen LogP contribution in [-0.2, 0) is 21.0 Å². The van der Waals surface area contributed by atoms with E-state index in [0.717, 1.165) is 28.0 Å². The Kier molecular flexibility index (Phi) is 5.68. The predicted octanol–water partition coefficient (Wildman–Crippen LogP) is 4.02.